The van der Waals surface area contributed by atoms with Gasteiger partial charge in [0.2, 0.25) is 0 Å². The Kier molecular flexibility index (Phi) is 7.27. The van der Waals surface area contributed by atoms with Crippen molar-refractivity contribution in [1.29, 1.82) is 0 Å². The lowest BCUT2D eigenvalue weighted by Crippen LogP contribution is -2.46. The van der Waals surface area contributed by atoms with Crippen LogP contribution in [0.5, 0.6) is 12.0 Å². The van der Waals surface area contributed by atoms with Crippen LogP contribution >= 0.6 is 0 Å². The average Bonchev–Trinajstić information content (AvgIpc) is 3.07. The van der Waals surface area contributed by atoms with Crippen molar-refractivity contribution in [3.05, 3.63) is 0 Å². The fourth-order valence-corrected chi connectivity index (χ4v) is 3.49. The molecular weight excluding hydrogens is 358 g/mol. The number of aromatic nitrogens is 4. The molecule has 0 radical (unpaired) electrons. The van der Waals surface area contributed by atoms with Gasteiger partial charge in [0, 0.05) is 32.7 Å². The molecule has 0 bridgehead atoms. The molecule has 1 aliphatic heterocycles. The average molecular weight is 392 g/mol. The van der Waals surface area contributed by atoms with Crippen LogP contribution in [0.2, 0.25) is 0 Å². The zero-order valence-electron chi connectivity index (χ0n) is 17.4. The van der Waals surface area contributed by atoms with Gasteiger partial charge in [-0.2, -0.15) is 15.0 Å². The molecule has 3 rings (SSSR count). The van der Waals surface area contributed by atoms with Gasteiger partial charge in [0.05, 0.1) is 13.7 Å². The fraction of sp³-hybridized carbons (Fsp3) is 0.737. The molecular formula is C19H33N7O2. The fourth-order valence-electron chi connectivity index (χ4n) is 3.49. The molecule has 9 heteroatoms. The predicted molar refractivity (Wildman–Crippen MR) is 110 cm³/mol. The summed E-state index contributed by atoms with van der Waals surface area (Å²) >= 11 is 0. The summed E-state index contributed by atoms with van der Waals surface area (Å²) in [6.07, 6.45) is 3.00. The highest BCUT2D eigenvalue weighted by atomic mass is 16.5. The van der Waals surface area contributed by atoms with Gasteiger partial charge < -0.3 is 25.0 Å². The first-order valence-electron chi connectivity index (χ1n) is 10.3. The number of likely N-dealkylation sites (N-methyl/N-ethyl adjacent to an activating group) is 1. The number of piperazine rings is 1. The Morgan fingerprint density at radius 2 is 1.71 bits per heavy atom. The minimum absolute atomic E-state index is 0.304. The van der Waals surface area contributed by atoms with E-state index in [4.69, 9.17) is 15.2 Å². The molecule has 0 saturated carbocycles. The summed E-state index contributed by atoms with van der Waals surface area (Å²) < 4.78 is 13.1. The minimum atomic E-state index is 0.304. The van der Waals surface area contributed by atoms with Crippen molar-refractivity contribution in [3.63, 3.8) is 0 Å². The van der Waals surface area contributed by atoms with Crippen LogP contribution in [0.15, 0.2) is 0 Å². The SMILES string of the molecule is CCCCOc1nc(N)c2nc(OC)n(CCCN3CCN(CC)CC3)c2n1. The summed E-state index contributed by atoms with van der Waals surface area (Å²) in [4.78, 5) is 18.3. The first kappa shape index (κ1) is 20.6. The molecule has 156 valence electrons. The predicted octanol–water partition coefficient (Wildman–Crippen LogP) is 1.62. The second-order valence-corrected chi connectivity index (χ2v) is 7.15. The van der Waals surface area contributed by atoms with Crippen LogP contribution in [0.4, 0.5) is 5.82 Å². The van der Waals surface area contributed by atoms with Gasteiger partial charge in [0.25, 0.3) is 6.01 Å². The molecule has 0 spiro atoms. The smallest absolute Gasteiger partial charge is 0.320 e. The van der Waals surface area contributed by atoms with Crippen LogP contribution in [0.3, 0.4) is 0 Å². The number of rotatable bonds is 10. The number of hydrogen-bond acceptors (Lipinski definition) is 8. The number of ether oxygens (including phenoxy) is 2. The third-order valence-electron chi connectivity index (χ3n) is 5.25. The van der Waals surface area contributed by atoms with Gasteiger partial charge in [-0.1, -0.05) is 20.3 Å². The maximum Gasteiger partial charge on any atom is 0.320 e. The Hall–Kier alpha value is -2.13. The topological polar surface area (TPSA) is 94.6 Å². The van der Waals surface area contributed by atoms with Gasteiger partial charge >= 0.3 is 6.01 Å². The summed E-state index contributed by atoms with van der Waals surface area (Å²) in [5.74, 6) is 0.323. The highest BCUT2D eigenvalue weighted by molar-refractivity contribution is 5.83. The number of hydrogen-bond donors (Lipinski definition) is 1. The zero-order valence-corrected chi connectivity index (χ0v) is 17.4. The maximum atomic E-state index is 6.09. The first-order valence-corrected chi connectivity index (χ1v) is 10.3. The normalized spacial score (nSPS) is 16.0. The summed E-state index contributed by atoms with van der Waals surface area (Å²) in [5.41, 5.74) is 7.33. The molecule has 1 aliphatic rings. The summed E-state index contributed by atoms with van der Waals surface area (Å²) in [6, 6.07) is 0.815. The lowest BCUT2D eigenvalue weighted by molar-refractivity contribution is 0.135. The van der Waals surface area contributed by atoms with Gasteiger partial charge in [-0.05, 0) is 25.9 Å². The standard InChI is InChI=1S/C19H33N7O2/c1-4-6-14-28-18-22-16(20)15-17(23-18)26(19(21-15)27-3)9-7-8-25-12-10-24(5-2)11-13-25/h4-14H2,1-3H3,(H2,20,22,23). The Morgan fingerprint density at radius 3 is 2.39 bits per heavy atom. The number of methoxy groups -OCH3 is 1. The van der Waals surface area contributed by atoms with Crippen LogP contribution < -0.4 is 15.2 Å². The van der Waals surface area contributed by atoms with Gasteiger partial charge in [-0.15, -0.1) is 0 Å². The number of aryl methyl sites for hydroxylation is 1. The Morgan fingerprint density at radius 1 is 0.964 bits per heavy atom. The van der Waals surface area contributed by atoms with Gasteiger partial charge in [0.15, 0.2) is 17.0 Å². The van der Waals surface area contributed by atoms with Gasteiger partial charge in [-0.3, -0.25) is 4.57 Å². The van der Waals surface area contributed by atoms with Crippen molar-refractivity contribution >= 4 is 17.0 Å². The van der Waals surface area contributed by atoms with Crippen molar-refractivity contribution in [2.24, 2.45) is 0 Å². The number of fused-ring (bicyclic) bond motifs is 1. The number of imidazole rings is 1. The summed E-state index contributed by atoms with van der Waals surface area (Å²) in [6.45, 7) is 12.4. The first-order chi connectivity index (χ1) is 13.7. The molecule has 0 aliphatic carbocycles. The van der Waals surface area contributed by atoms with Crippen molar-refractivity contribution in [3.8, 4) is 12.0 Å². The molecule has 2 aromatic heterocycles. The van der Waals surface area contributed by atoms with E-state index in [-0.39, 0.29) is 0 Å². The van der Waals surface area contributed by atoms with E-state index in [1.54, 1.807) is 7.11 Å². The Labute approximate surface area is 166 Å². The highest BCUT2D eigenvalue weighted by Crippen LogP contribution is 2.25. The van der Waals surface area contributed by atoms with E-state index in [0.717, 1.165) is 65.1 Å². The number of unbranched alkanes of at least 4 members (excludes halogenated alkanes) is 1. The number of nitrogens with two attached hydrogens (primary N) is 1. The van der Waals surface area contributed by atoms with Crippen LogP contribution in [0.25, 0.3) is 11.2 Å². The molecule has 2 N–H and O–H groups in total. The lowest BCUT2D eigenvalue weighted by atomic mass is 10.3. The van der Waals surface area contributed by atoms with E-state index in [1.165, 1.54) is 0 Å². The number of nitrogens with zero attached hydrogens (tertiary/aromatic N) is 6. The summed E-state index contributed by atoms with van der Waals surface area (Å²) in [7, 11) is 1.62. The molecule has 28 heavy (non-hydrogen) atoms. The van der Waals surface area contributed by atoms with Crippen LogP contribution in [0.1, 0.15) is 33.1 Å². The molecule has 0 unspecified atom stereocenters. The zero-order chi connectivity index (χ0) is 19.9. The van der Waals surface area contributed by atoms with E-state index in [0.29, 0.717) is 35.6 Å². The second-order valence-electron chi connectivity index (χ2n) is 7.15. The quantitative estimate of drug-likeness (QED) is 0.611. The molecule has 3 heterocycles. The van der Waals surface area contributed by atoms with Crippen LogP contribution in [-0.4, -0.2) is 82.3 Å². The van der Waals surface area contributed by atoms with Crippen molar-refractivity contribution in [2.45, 2.75) is 39.7 Å². The molecule has 1 fully saturated rings. The Balaban J connectivity index is 1.68. The Bertz CT molecular complexity index is 756. The minimum Gasteiger partial charge on any atom is -0.468 e. The molecule has 0 atom stereocenters. The molecule has 1 saturated heterocycles. The largest absolute Gasteiger partial charge is 0.468 e. The van der Waals surface area contributed by atoms with Crippen LogP contribution in [0, 0.1) is 0 Å². The van der Waals surface area contributed by atoms with Crippen molar-refractivity contribution in [1.82, 2.24) is 29.3 Å². The van der Waals surface area contributed by atoms with Gasteiger partial charge in [0.1, 0.15) is 0 Å². The van der Waals surface area contributed by atoms with Crippen LogP contribution in [-0.2, 0) is 6.54 Å². The summed E-state index contributed by atoms with van der Waals surface area (Å²) in [5, 5.41) is 0. The van der Waals surface area contributed by atoms with Gasteiger partial charge in [-0.25, -0.2) is 0 Å². The lowest BCUT2D eigenvalue weighted by Gasteiger charge is -2.34. The van der Waals surface area contributed by atoms with E-state index < -0.39 is 0 Å². The maximum absolute atomic E-state index is 6.09. The van der Waals surface area contributed by atoms with Crippen molar-refractivity contribution < 1.29 is 9.47 Å². The van der Waals surface area contributed by atoms with E-state index in [1.807, 2.05) is 4.57 Å². The molecule has 0 amide bonds. The van der Waals surface area contributed by atoms with E-state index in [2.05, 4.69) is 38.6 Å². The van der Waals surface area contributed by atoms with Crippen molar-refractivity contribution in [2.75, 3.05) is 58.7 Å². The third kappa shape index (κ3) is 4.82. The highest BCUT2D eigenvalue weighted by Gasteiger charge is 2.19. The number of nitrogen functional groups attached to an aromatic ring is 1. The van der Waals surface area contributed by atoms with E-state index in [9.17, 15) is 0 Å². The van der Waals surface area contributed by atoms with E-state index >= 15 is 0 Å². The molecule has 9 nitrogen and oxygen atoms in total. The molecule has 2 aromatic rings. The second kappa shape index (κ2) is 9.88. The monoisotopic (exact) mass is 391 g/mol. The number of anilines is 1. The third-order valence-corrected chi connectivity index (χ3v) is 5.25. The molecule has 0 aromatic carbocycles.